The van der Waals surface area contributed by atoms with Gasteiger partial charge in [-0.15, -0.1) is 16.4 Å². The molecule has 22 heavy (non-hydrogen) atoms. The highest BCUT2D eigenvalue weighted by molar-refractivity contribution is 7.13. The molecule has 1 aliphatic rings. The van der Waals surface area contributed by atoms with E-state index in [1.807, 2.05) is 35.7 Å². The first-order valence-electron chi connectivity index (χ1n) is 7.05. The third-order valence-electron chi connectivity index (χ3n) is 3.54. The summed E-state index contributed by atoms with van der Waals surface area (Å²) in [6.07, 6.45) is 3.79. The van der Waals surface area contributed by atoms with Crippen LogP contribution in [0.25, 0.3) is 5.69 Å². The summed E-state index contributed by atoms with van der Waals surface area (Å²) in [4.78, 5) is 16.5. The Hall–Kier alpha value is -2.54. The van der Waals surface area contributed by atoms with Crippen LogP contribution in [-0.2, 0) is 0 Å². The Labute approximate surface area is 130 Å². The van der Waals surface area contributed by atoms with Crippen LogP contribution in [-0.4, -0.2) is 25.9 Å². The monoisotopic (exact) mass is 311 g/mol. The number of nitrogens with zero attached hydrogens (tertiary/aromatic N) is 4. The Balaban J connectivity index is 1.71. The summed E-state index contributed by atoms with van der Waals surface area (Å²) in [5.74, 6) is 0.103. The summed E-state index contributed by atoms with van der Waals surface area (Å²) in [6.45, 7) is 0. The molecule has 1 N–H and O–H groups in total. The summed E-state index contributed by atoms with van der Waals surface area (Å²) in [6, 6.07) is 9.77. The van der Waals surface area contributed by atoms with Crippen LogP contribution in [0.3, 0.4) is 0 Å². The second kappa shape index (κ2) is 5.34. The Morgan fingerprint density at radius 3 is 2.77 bits per heavy atom. The van der Waals surface area contributed by atoms with Crippen molar-refractivity contribution in [2.24, 2.45) is 0 Å². The molecule has 1 aliphatic carbocycles. The van der Waals surface area contributed by atoms with Gasteiger partial charge in [0.25, 0.3) is 5.91 Å². The molecule has 1 saturated carbocycles. The number of nitrogens with one attached hydrogen (secondary N) is 1. The zero-order chi connectivity index (χ0) is 14.9. The minimum Gasteiger partial charge on any atom is -0.296 e. The lowest BCUT2D eigenvalue weighted by molar-refractivity contribution is 0.102. The molecule has 0 radical (unpaired) electrons. The quantitative estimate of drug-likeness (QED) is 0.804. The predicted molar refractivity (Wildman–Crippen MR) is 83.4 cm³/mol. The highest BCUT2D eigenvalue weighted by Crippen LogP contribution is 2.42. The Morgan fingerprint density at radius 2 is 2.09 bits per heavy atom. The van der Waals surface area contributed by atoms with Crippen molar-refractivity contribution in [1.82, 2.24) is 20.0 Å². The molecule has 0 saturated heterocycles. The first-order chi connectivity index (χ1) is 10.8. The molecular formula is C15H13N5OS. The molecule has 2 aromatic heterocycles. The molecule has 7 heteroatoms. The van der Waals surface area contributed by atoms with Crippen molar-refractivity contribution in [2.75, 3.05) is 5.32 Å². The summed E-state index contributed by atoms with van der Waals surface area (Å²) in [5.41, 5.74) is 2.20. The first kappa shape index (κ1) is 13.1. The Morgan fingerprint density at radius 1 is 1.27 bits per heavy atom. The van der Waals surface area contributed by atoms with Crippen LogP contribution in [0.2, 0.25) is 0 Å². The van der Waals surface area contributed by atoms with Gasteiger partial charge >= 0.3 is 0 Å². The van der Waals surface area contributed by atoms with Crippen LogP contribution in [0.1, 0.15) is 34.9 Å². The van der Waals surface area contributed by atoms with Gasteiger partial charge in [0.05, 0.1) is 11.4 Å². The number of hydrogen-bond acceptors (Lipinski definition) is 5. The van der Waals surface area contributed by atoms with Crippen molar-refractivity contribution in [3.8, 4) is 5.69 Å². The minimum atomic E-state index is -0.251. The number of aromatic nitrogens is 4. The highest BCUT2D eigenvalue weighted by atomic mass is 32.1. The number of carbonyl (C=O) groups is 1. The second-order valence-corrected chi connectivity index (χ2v) is 6.03. The van der Waals surface area contributed by atoms with Gasteiger partial charge < -0.3 is 0 Å². The fourth-order valence-corrected chi connectivity index (χ4v) is 2.90. The Kier molecular flexibility index (Phi) is 3.19. The van der Waals surface area contributed by atoms with E-state index in [4.69, 9.17) is 0 Å². The summed E-state index contributed by atoms with van der Waals surface area (Å²) < 4.78 is 1.77. The van der Waals surface area contributed by atoms with Crippen molar-refractivity contribution in [3.63, 3.8) is 0 Å². The SMILES string of the molecule is O=C(Nc1nccs1)c1nnn(-c2ccccc2)c1C1CC1. The molecule has 0 atom stereocenters. The minimum absolute atomic E-state index is 0.251. The van der Waals surface area contributed by atoms with E-state index in [0.717, 1.165) is 24.2 Å². The zero-order valence-corrected chi connectivity index (χ0v) is 12.5. The van der Waals surface area contributed by atoms with Gasteiger partial charge in [-0.3, -0.25) is 10.1 Å². The van der Waals surface area contributed by atoms with Crippen LogP contribution >= 0.6 is 11.3 Å². The molecule has 4 rings (SSSR count). The normalized spacial score (nSPS) is 14.0. The fraction of sp³-hybridized carbons (Fsp3) is 0.200. The van der Waals surface area contributed by atoms with E-state index in [2.05, 4.69) is 20.6 Å². The summed E-state index contributed by atoms with van der Waals surface area (Å²) >= 11 is 1.38. The van der Waals surface area contributed by atoms with E-state index in [9.17, 15) is 4.79 Å². The average Bonchev–Trinajstić information content (AvgIpc) is 3.08. The molecule has 1 aromatic carbocycles. The maximum absolute atomic E-state index is 12.4. The van der Waals surface area contributed by atoms with Crippen LogP contribution in [0.4, 0.5) is 5.13 Å². The van der Waals surface area contributed by atoms with Gasteiger partial charge in [0.15, 0.2) is 10.8 Å². The number of para-hydroxylation sites is 1. The number of rotatable bonds is 4. The molecule has 0 aliphatic heterocycles. The van der Waals surface area contributed by atoms with Gasteiger partial charge in [0.1, 0.15) is 0 Å². The largest absolute Gasteiger partial charge is 0.296 e. The Bertz CT molecular complexity index is 793. The highest BCUT2D eigenvalue weighted by Gasteiger charge is 2.34. The molecule has 2 heterocycles. The van der Waals surface area contributed by atoms with E-state index in [1.54, 1.807) is 10.9 Å². The number of benzene rings is 1. The van der Waals surface area contributed by atoms with Crippen LogP contribution in [0.5, 0.6) is 0 Å². The topological polar surface area (TPSA) is 72.7 Å². The van der Waals surface area contributed by atoms with Crippen LogP contribution < -0.4 is 5.32 Å². The third-order valence-corrected chi connectivity index (χ3v) is 4.23. The predicted octanol–water partition coefficient (Wildman–Crippen LogP) is 2.85. The van der Waals surface area contributed by atoms with Crippen molar-refractivity contribution >= 4 is 22.4 Å². The van der Waals surface area contributed by atoms with Gasteiger partial charge in [-0.25, -0.2) is 9.67 Å². The maximum Gasteiger partial charge on any atom is 0.279 e. The lowest BCUT2D eigenvalue weighted by Crippen LogP contribution is -2.15. The molecule has 0 unspecified atom stereocenters. The van der Waals surface area contributed by atoms with Crippen molar-refractivity contribution in [1.29, 1.82) is 0 Å². The second-order valence-electron chi connectivity index (χ2n) is 5.14. The first-order valence-corrected chi connectivity index (χ1v) is 7.93. The van der Waals surface area contributed by atoms with E-state index in [-0.39, 0.29) is 5.91 Å². The van der Waals surface area contributed by atoms with Crippen molar-refractivity contribution in [3.05, 3.63) is 53.3 Å². The van der Waals surface area contributed by atoms with E-state index in [0.29, 0.717) is 16.7 Å². The van der Waals surface area contributed by atoms with E-state index < -0.39 is 0 Å². The lowest BCUT2D eigenvalue weighted by atomic mass is 10.2. The molecule has 3 aromatic rings. The van der Waals surface area contributed by atoms with E-state index in [1.165, 1.54) is 11.3 Å². The van der Waals surface area contributed by atoms with Gasteiger partial charge in [-0.1, -0.05) is 23.4 Å². The van der Waals surface area contributed by atoms with Gasteiger partial charge in [0, 0.05) is 17.5 Å². The fourth-order valence-electron chi connectivity index (χ4n) is 2.38. The van der Waals surface area contributed by atoms with Crippen molar-refractivity contribution in [2.45, 2.75) is 18.8 Å². The van der Waals surface area contributed by atoms with Crippen molar-refractivity contribution < 1.29 is 4.79 Å². The van der Waals surface area contributed by atoms with Gasteiger partial charge in [-0.2, -0.15) is 0 Å². The standard InChI is InChI=1S/C15H13N5OS/c21-14(17-15-16-8-9-22-15)12-13(10-6-7-10)20(19-18-12)11-4-2-1-3-5-11/h1-5,8-10H,6-7H2,(H,16,17,21). The zero-order valence-electron chi connectivity index (χ0n) is 11.6. The number of carbonyl (C=O) groups excluding carboxylic acids is 1. The van der Waals surface area contributed by atoms with E-state index >= 15 is 0 Å². The average molecular weight is 311 g/mol. The molecule has 0 bridgehead atoms. The molecule has 0 spiro atoms. The molecule has 6 nitrogen and oxygen atoms in total. The molecule has 1 fully saturated rings. The number of thiazole rings is 1. The smallest absolute Gasteiger partial charge is 0.279 e. The van der Waals surface area contributed by atoms with Crippen LogP contribution in [0, 0.1) is 0 Å². The number of anilines is 1. The molecular weight excluding hydrogens is 298 g/mol. The maximum atomic E-state index is 12.4. The van der Waals surface area contributed by atoms with Gasteiger partial charge in [0.2, 0.25) is 0 Å². The van der Waals surface area contributed by atoms with Crippen LogP contribution in [0.15, 0.2) is 41.9 Å². The molecule has 110 valence electrons. The van der Waals surface area contributed by atoms with Gasteiger partial charge in [-0.05, 0) is 25.0 Å². The third kappa shape index (κ3) is 2.39. The number of hydrogen-bond donors (Lipinski definition) is 1. The number of amides is 1. The lowest BCUT2D eigenvalue weighted by Gasteiger charge is -2.06. The molecule has 1 amide bonds. The summed E-state index contributed by atoms with van der Waals surface area (Å²) in [5, 5.41) is 13.5. The summed E-state index contributed by atoms with van der Waals surface area (Å²) in [7, 11) is 0.